The van der Waals surface area contributed by atoms with Gasteiger partial charge >= 0.3 is 0 Å². The highest BCUT2D eigenvalue weighted by molar-refractivity contribution is 7.16. The lowest BCUT2D eigenvalue weighted by Gasteiger charge is -1.99. The fraction of sp³-hybridized carbons (Fsp3) is 0. The molecule has 0 spiro atoms. The number of amides is 1. The van der Waals surface area contributed by atoms with E-state index in [1.807, 2.05) is 22.9 Å². The molecule has 0 unspecified atom stereocenters. The zero-order chi connectivity index (χ0) is 11.0. The van der Waals surface area contributed by atoms with Crippen LogP contribution in [0.15, 0.2) is 29.0 Å². The van der Waals surface area contributed by atoms with Crippen molar-refractivity contribution in [3.63, 3.8) is 0 Å². The largest absolute Gasteiger partial charge is 0.306 e. The van der Waals surface area contributed by atoms with E-state index in [2.05, 4.69) is 15.5 Å². The molecule has 0 saturated carbocycles. The molecular weight excluding hydrogens is 242 g/mol. The van der Waals surface area contributed by atoms with E-state index in [4.69, 9.17) is 0 Å². The summed E-state index contributed by atoms with van der Waals surface area (Å²) in [6, 6.07) is 5.58. The van der Waals surface area contributed by atoms with Crippen molar-refractivity contribution >= 4 is 44.6 Å². The van der Waals surface area contributed by atoms with Gasteiger partial charge in [-0.25, -0.2) is 0 Å². The molecule has 3 aromatic heterocycles. The number of nitrogens with one attached hydrogen (secondary N) is 2. The molecule has 80 valence electrons. The molecule has 0 saturated heterocycles. The van der Waals surface area contributed by atoms with Crippen molar-refractivity contribution in [3.8, 4) is 0 Å². The molecule has 0 aromatic carbocycles. The minimum atomic E-state index is -0.105. The molecule has 0 fully saturated rings. The number of aromatic amines is 1. The van der Waals surface area contributed by atoms with Gasteiger partial charge in [-0.1, -0.05) is 6.07 Å². The topological polar surface area (TPSA) is 57.8 Å². The van der Waals surface area contributed by atoms with Crippen molar-refractivity contribution < 1.29 is 4.79 Å². The standard InChI is InChI=1S/C10H7N3OS2/c14-9(7-2-1-4-15-7)11-8-6-3-5-16-10(6)13-12-8/h1-5H,(H2,11,12,13,14). The second-order valence-corrected chi connectivity index (χ2v) is 5.01. The number of hydrogen-bond acceptors (Lipinski definition) is 4. The SMILES string of the molecule is O=C(Nc1[nH]nc2sccc12)c1cccs1. The molecule has 3 rings (SSSR count). The van der Waals surface area contributed by atoms with E-state index in [0.717, 1.165) is 10.2 Å². The van der Waals surface area contributed by atoms with Gasteiger partial charge in [0.2, 0.25) is 0 Å². The van der Waals surface area contributed by atoms with E-state index in [-0.39, 0.29) is 5.91 Å². The average Bonchev–Trinajstić information content (AvgIpc) is 2.94. The van der Waals surface area contributed by atoms with Crippen LogP contribution in [0.5, 0.6) is 0 Å². The van der Waals surface area contributed by atoms with Crippen LogP contribution in [0.3, 0.4) is 0 Å². The van der Waals surface area contributed by atoms with Gasteiger partial charge in [-0.3, -0.25) is 9.89 Å². The number of nitrogens with zero attached hydrogens (tertiary/aromatic N) is 1. The Morgan fingerprint density at radius 3 is 3.06 bits per heavy atom. The predicted molar refractivity (Wildman–Crippen MR) is 66.2 cm³/mol. The molecule has 0 bridgehead atoms. The Morgan fingerprint density at radius 2 is 2.25 bits per heavy atom. The van der Waals surface area contributed by atoms with Crippen LogP contribution in [0, 0.1) is 0 Å². The maximum Gasteiger partial charge on any atom is 0.266 e. The van der Waals surface area contributed by atoms with Gasteiger partial charge < -0.3 is 5.32 Å². The number of rotatable bonds is 2. The lowest BCUT2D eigenvalue weighted by atomic mass is 10.4. The zero-order valence-electron chi connectivity index (χ0n) is 8.06. The third kappa shape index (κ3) is 1.52. The Kier molecular flexibility index (Phi) is 2.23. The Bertz CT molecular complexity index is 623. The van der Waals surface area contributed by atoms with E-state index in [0.29, 0.717) is 10.7 Å². The van der Waals surface area contributed by atoms with Crippen molar-refractivity contribution in [3.05, 3.63) is 33.8 Å². The minimum absolute atomic E-state index is 0.105. The fourth-order valence-electron chi connectivity index (χ4n) is 1.42. The number of carbonyl (C=O) groups is 1. The van der Waals surface area contributed by atoms with Crippen LogP contribution in [0.1, 0.15) is 9.67 Å². The lowest BCUT2D eigenvalue weighted by molar-refractivity contribution is 0.103. The van der Waals surface area contributed by atoms with E-state index in [1.54, 1.807) is 17.4 Å². The van der Waals surface area contributed by atoms with Gasteiger partial charge in [0, 0.05) is 0 Å². The zero-order valence-corrected chi connectivity index (χ0v) is 9.69. The first-order valence-electron chi connectivity index (χ1n) is 4.61. The van der Waals surface area contributed by atoms with Crippen LogP contribution in [0.4, 0.5) is 5.82 Å². The van der Waals surface area contributed by atoms with E-state index in [9.17, 15) is 4.79 Å². The summed E-state index contributed by atoms with van der Waals surface area (Å²) in [6.07, 6.45) is 0. The molecule has 16 heavy (non-hydrogen) atoms. The second kappa shape index (κ2) is 3.73. The Labute approximate surface area is 98.9 Å². The molecule has 2 N–H and O–H groups in total. The van der Waals surface area contributed by atoms with Crippen molar-refractivity contribution in [2.75, 3.05) is 5.32 Å². The smallest absolute Gasteiger partial charge is 0.266 e. The maximum absolute atomic E-state index is 11.8. The van der Waals surface area contributed by atoms with Crippen LogP contribution < -0.4 is 5.32 Å². The Morgan fingerprint density at radius 1 is 1.31 bits per heavy atom. The molecule has 4 nitrogen and oxygen atoms in total. The number of anilines is 1. The van der Waals surface area contributed by atoms with Gasteiger partial charge in [-0.05, 0) is 22.9 Å². The molecular formula is C10H7N3OS2. The van der Waals surface area contributed by atoms with Crippen LogP contribution in [-0.4, -0.2) is 16.1 Å². The molecule has 3 heterocycles. The molecule has 0 aliphatic carbocycles. The van der Waals surface area contributed by atoms with Crippen LogP contribution in [0.25, 0.3) is 10.2 Å². The molecule has 6 heteroatoms. The molecule has 0 aliphatic heterocycles. The number of aromatic nitrogens is 2. The molecule has 0 aliphatic rings. The third-order valence-electron chi connectivity index (χ3n) is 2.17. The summed E-state index contributed by atoms with van der Waals surface area (Å²) in [7, 11) is 0. The van der Waals surface area contributed by atoms with Gasteiger partial charge in [-0.15, -0.1) is 22.7 Å². The summed E-state index contributed by atoms with van der Waals surface area (Å²) in [5, 5.41) is 14.5. The highest BCUT2D eigenvalue weighted by Crippen LogP contribution is 2.25. The summed E-state index contributed by atoms with van der Waals surface area (Å²) in [5.74, 6) is 0.557. The second-order valence-electron chi connectivity index (χ2n) is 3.17. The summed E-state index contributed by atoms with van der Waals surface area (Å²) in [5.41, 5.74) is 0. The fourth-order valence-corrected chi connectivity index (χ4v) is 2.77. The van der Waals surface area contributed by atoms with Crippen LogP contribution >= 0.6 is 22.7 Å². The Hall–Kier alpha value is -1.66. The first-order valence-corrected chi connectivity index (χ1v) is 6.37. The molecule has 0 atom stereocenters. The first kappa shape index (κ1) is 9.56. The Balaban J connectivity index is 1.91. The number of carbonyl (C=O) groups excluding carboxylic acids is 1. The van der Waals surface area contributed by atoms with Crippen molar-refractivity contribution in [2.24, 2.45) is 0 Å². The van der Waals surface area contributed by atoms with Gasteiger partial charge in [0.25, 0.3) is 5.91 Å². The summed E-state index contributed by atoms with van der Waals surface area (Å²) in [4.78, 5) is 13.4. The van der Waals surface area contributed by atoms with Gasteiger partial charge in [0.15, 0.2) is 0 Å². The third-order valence-corrected chi connectivity index (χ3v) is 3.84. The predicted octanol–water partition coefficient (Wildman–Crippen LogP) is 2.94. The molecule has 1 amide bonds. The molecule has 0 radical (unpaired) electrons. The number of hydrogen-bond donors (Lipinski definition) is 2. The summed E-state index contributed by atoms with van der Waals surface area (Å²) >= 11 is 2.96. The number of thiophene rings is 2. The van der Waals surface area contributed by atoms with Crippen molar-refractivity contribution in [1.29, 1.82) is 0 Å². The van der Waals surface area contributed by atoms with Crippen LogP contribution in [0.2, 0.25) is 0 Å². The highest BCUT2D eigenvalue weighted by Gasteiger charge is 2.11. The van der Waals surface area contributed by atoms with Gasteiger partial charge in [-0.2, -0.15) is 5.10 Å². The van der Waals surface area contributed by atoms with E-state index in [1.165, 1.54) is 11.3 Å². The average molecular weight is 249 g/mol. The summed E-state index contributed by atoms with van der Waals surface area (Å²) in [6.45, 7) is 0. The van der Waals surface area contributed by atoms with Gasteiger partial charge in [0.05, 0.1) is 10.3 Å². The number of H-pyrrole nitrogens is 1. The summed E-state index contributed by atoms with van der Waals surface area (Å²) < 4.78 is 0. The normalized spacial score (nSPS) is 10.8. The minimum Gasteiger partial charge on any atom is -0.306 e. The monoisotopic (exact) mass is 249 g/mol. The molecule has 3 aromatic rings. The highest BCUT2D eigenvalue weighted by atomic mass is 32.1. The van der Waals surface area contributed by atoms with Crippen molar-refractivity contribution in [1.82, 2.24) is 10.2 Å². The number of fused-ring (bicyclic) bond motifs is 1. The van der Waals surface area contributed by atoms with Crippen molar-refractivity contribution in [2.45, 2.75) is 0 Å². The first-order chi connectivity index (χ1) is 7.84. The van der Waals surface area contributed by atoms with Gasteiger partial charge in [0.1, 0.15) is 10.6 Å². The van der Waals surface area contributed by atoms with E-state index >= 15 is 0 Å². The lowest BCUT2D eigenvalue weighted by Crippen LogP contribution is -2.10. The van der Waals surface area contributed by atoms with Crippen LogP contribution in [-0.2, 0) is 0 Å². The maximum atomic E-state index is 11.8. The quantitative estimate of drug-likeness (QED) is 0.733. The van der Waals surface area contributed by atoms with E-state index < -0.39 is 0 Å².